The van der Waals surface area contributed by atoms with E-state index < -0.39 is 0 Å². The highest BCUT2D eigenvalue weighted by Crippen LogP contribution is 2.15. The number of aromatic nitrogens is 1. The number of pyridine rings is 1. The van der Waals surface area contributed by atoms with E-state index in [4.69, 9.17) is 4.74 Å². The van der Waals surface area contributed by atoms with Crippen molar-refractivity contribution < 1.29 is 9.53 Å². The van der Waals surface area contributed by atoms with Gasteiger partial charge in [0.15, 0.2) is 0 Å². The van der Waals surface area contributed by atoms with Gasteiger partial charge in [-0.2, -0.15) is 0 Å². The van der Waals surface area contributed by atoms with Gasteiger partial charge in [-0.3, -0.25) is 4.79 Å². The fourth-order valence-corrected chi connectivity index (χ4v) is 2.04. The Kier molecular flexibility index (Phi) is 4.50. The lowest BCUT2D eigenvalue weighted by Gasteiger charge is -2.08. The molecule has 1 fully saturated rings. The normalized spacial score (nSPS) is 19.2. The number of carbonyl (C=O) groups is 1. The van der Waals surface area contributed by atoms with Gasteiger partial charge in [-0.05, 0) is 46.8 Å². The number of hydrogen-bond acceptors (Lipinski definition) is 3. The van der Waals surface area contributed by atoms with Crippen molar-refractivity contribution in [2.45, 2.75) is 12.8 Å². The lowest BCUT2D eigenvalue weighted by Crippen LogP contribution is -2.26. The van der Waals surface area contributed by atoms with Crippen LogP contribution in [-0.4, -0.2) is 30.6 Å². The van der Waals surface area contributed by atoms with Crippen LogP contribution in [0.25, 0.3) is 0 Å². The van der Waals surface area contributed by atoms with Gasteiger partial charge in [0, 0.05) is 30.4 Å². The Balaban J connectivity index is 1.75. The topological polar surface area (TPSA) is 51.2 Å². The molecule has 17 heavy (non-hydrogen) atoms. The highest BCUT2D eigenvalue weighted by molar-refractivity contribution is 9.10. The quantitative estimate of drug-likeness (QED) is 0.925. The Morgan fingerprint density at radius 1 is 1.59 bits per heavy atom. The van der Waals surface area contributed by atoms with Crippen molar-refractivity contribution in [2.24, 2.45) is 5.92 Å². The van der Waals surface area contributed by atoms with Gasteiger partial charge in [-0.25, -0.2) is 4.98 Å². The summed E-state index contributed by atoms with van der Waals surface area (Å²) in [6.07, 6.45) is 3.70. The van der Waals surface area contributed by atoms with Gasteiger partial charge >= 0.3 is 0 Å². The maximum Gasteiger partial charge on any atom is 0.269 e. The average Bonchev–Trinajstić information content (AvgIpc) is 2.83. The maximum atomic E-state index is 11.7. The molecule has 4 nitrogen and oxygen atoms in total. The Hall–Kier alpha value is -0.940. The summed E-state index contributed by atoms with van der Waals surface area (Å²) in [4.78, 5) is 15.8. The fraction of sp³-hybridized carbons (Fsp3) is 0.500. The van der Waals surface area contributed by atoms with Crippen molar-refractivity contribution in [1.29, 1.82) is 0 Å². The number of rotatable bonds is 4. The van der Waals surface area contributed by atoms with E-state index in [1.807, 2.05) is 6.07 Å². The van der Waals surface area contributed by atoms with Crippen molar-refractivity contribution in [3.8, 4) is 0 Å². The smallest absolute Gasteiger partial charge is 0.269 e. The molecule has 0 radical (unpaired) electrons. The second-order valence-electron chi connectivity index (χ2n) is 4.14. The molecule has 1 aromatic heterocycles. The van der Waals surface area contributed by atoms with E-state index in [9.17, 15) is 4.79 Å². The predicted octanol–water partition coefficient (Wildman–Crippen LogP) is 2.00. The zero-order chi connectivity index (χ0) is 12.1. The number of nitrogens with zero attached hydrogens (tertiary/aromatic N) is 1. The Morgan fingerprint density at radius 2 is 2.47 bits per heavy atom. The molecule has 1 unspecified atom stereocenters. The van der Waals surface area contributed by atoms with Crippen LogP contribution in [0.5, 0.6) is 0 Å². The number of amides is 1. The molecule has 2 heterocycles. The molecule has 1 aromatic rings. The zero-order valence-electron chi connectivity index (χ0n) is 9.49. The summed E-state index contributed by atoms with van der Waals surface area (Å²) in [6.45, 7) is 2.36. The van der Waals surface area contributed by atoms with Crippen LogP contribution in [-0.2, 0) is 4.74 Å². The second-order valence-corrected chi connectivity index (χ2v) is 5.05. The van der Waals surface area contributed by atoms with Crippen LogP contribution in [0.15, 0.2) is 22.8 Å². The molecule has 5 heteroatoms. The molecule has 2 rings (SSSR count). The third-order valence-corrected chi connectivity index (χ3v) is 3.29. The van der Waals surface area contributed by atoms with Gasteiger partial charge in [0.25, 0.3) is 5.91 Å². The lowest BCUT2D eigenvalue weighted by atomic mass is 10.1. The number of hydrogen-bond donors (Lipinski definition) is 1. The summed E-state index contributed by atoms with van der Waals surface area (Å²) in [5.74, 6) is 0.476. The average molecular weight is 299 g/mol. The van der Waals surface area contributed by atoms with E-state index >= 15 is 0 Å². The molecule has 1 N–H and O–H groups in total. The maximum absolute atomic E-state index is 11.7. The van der Waals surface area contributed by atoms with Crippen LogP contribution in [0, 0.1) is 5.92 Å². The van der Waals surface area contributed by atoms with Crippen LogP contribution in [0.3, 0.4) is 0 Å². The molecule has 0 aromatic carbocycles. The first-order valence-corrected chi connectivity index (χ1v) is 6.52. The zero-order valence-corrected chi connectivity index (χ0v) is 11.1. The fourth-order valence-electron chi connectivity index (χ4n) is 1.80. The summed E-state index contributed by atoms with van der Waals surface area (Å²) < 4.78 is 6.15. The second kappa shape index (κ2) is 6.12. The van der Waals surface area contributed by atoms with E-state index in [1.165, 1.54) is 0 Å². The van der Waals surface area contributed by atoms with Crippen LogP contribution in [0.1, 0.15) is 23.3 Å². The predicted molar refractivity (Wildman–Crippen MR) is 67.8 cm³/mol. The van der Waals surface area contributed by atoms with Gasteiger partial charge in [0.05, 0.1) is 0 Å². The largest absolute Gasteiger partial charge is 0.381 e. The van der Waals surface area contributed by atoms with Gasteiger partial charge in [-0.1, -0.05) is 0 Å². The van der Waals surface area contributed by atoms with Crippen molar-refractivity contribution in [3.63, 3.8) is 0 Å². The molecule has 1 saturated heterocycles. The van der Waals surface area contributed by atoms with Crippen LogP contribution < -0.4 is 5.32 Å². The third kappa shape index (κ3) is 3.78. The molecule has 0 saturated carbocycles. The van der Waals surface area contributed by atoms with Crippen molar-refractivity contribution in [2.75, 3.05) is 19.8 Å². The first kappa shape index (κ1) is 12.5. The van der Waals surface area contributed by atoms with E-state index in [-0.39, 0.29) is 5.91 Å². The molecule has 0 spiro atoms. The molecule has 1 aliphatic rings. The lowest BCUT2D eigenvalue weighted by molar-refractivity contribution is 0.0945. The molecule has 92 valence electrons. The number of ether oxygens (including phenoxy) is 1. The van der Waals surface area contributed by atoms with E-state index in [0.717, 1.165) is 30.5 Å². The summed E-state index contributed by atoms with van der Waals surface area (Å²) in [5, 5.41) is 2.87. The van der Waals surface area contributed by atoms with Gasteiger partial charge in [0.2, 0.25) is 0 Å². The molecular formula is C12H15BrN2O2. The first-order chi connectivity index (χ1) is 8.25. The van der Waals surface area contributed by atoms with Crippen molar-refractivity contribution in [1.82, 2.24) is 10.3 Å². The summed E-state index contributed by atoms with van der Waals surface area (Å²) in [5.41, 5.74) is 0.455. The highest BCUT2D eigenvalue weighted by atomic mass is 79.9. The van der Waals surface area contributed by atoms with E-state index in [1.54, 1.807) is 12.3 Å². The first-order valence-electron chi connectivity index (χ1n) is 5.73. The van der Waals surface area contributed by atoms with E-state index in [2.05, 4.69) is 26.2 Å². The highest BCUT2D eigenvalue weighted by Gasteiger charge is 2.15. The number of carbonyl (C=O) groups excluding carboxylic acids is 1. The molecule has 1 amide bonds. The molecule has 1 aliphatic heterocycles. The minimum atomic E-state index is -0.114. The Bertz CT molecular complexity index is 375. The number of nitrogens with one attached hydrogen (secondary N) is 1. The SMILES string of the molecule is O=C(NCCC1CCOC1)c1ccc(Br)cn1. The Labute approximate surface area is 109 Å². The van der Waals surface area contributed by atoms with Crippen LogP contribution in [0.2, 0.25) is 0 Å². The third-order valence-electron chi connectivity index (χ3n) is 2.82. The van der Waals surface area contributed by atoms with Crippen molar-refractivity contribution in [3.05, 3.63) is 28.5 Å². The molecular weight excluding hydrogens is 284 g/mol. The molecule has 0 bridgehead atoms. The van der Waals surface area contributed by atoms with Crippen LogP contribution in [0.4, 0.5) is 0 Å². The van der Waals surface area contributed by atoms with Crippen molar-refractivity contribution >= 4 is 21.8 Å². The van der Waals surface area contributed by atoms with E-state index in [0.29, 0.717) is 18.2 Å². The summed E-state index contributed by atoms with van der Waals surface area (Å²) in [6, 6.07) is 3.52. The molecule has 0 aliphatic carbocycles. The minimum absolute atomic E-state index is 0.114. The summed E-state index contributed by atoms with van der Waals surface area (Å²) >= 11 is 3.28. The molecule has 1 atom stereocenters. The minimum Gasteiger partial charge on any atom is -0.381 e. The van der Waals surface area contributed by atoms with Gasteiger partial charge in [-0.15, -0.1) is 0 Å². The standard InChI is InChI=1S/C12H15BrN2O2/c13-10-1-2-11(15-7-10)12(16)14-5-3-9-4-6-17-8-9/h1-2,7,9H,3-6,8H2,(H,14,16). The Morgan fingerprint density at radius 3 is 3.12 bits per heavy atom. The summed E-state index contributed by atoms with van der Waals surface area (Å²) in [7, 11) is 0. The van der Waals surface area contributed by atoms with Gasteiger partial charge < -0.3 is 10.1 Å². The number of halogens is 1. The van der Waals surface area contributed by atoms with Crippen LogP contribution >= 0.6 is 15.9 Å². The monoisotopic (exact) mass is 298 g/mol. The van der Waals surface area contributed by atoms with Gasteiger partial charge in [0.1, 0.15) is 5.69 Å².